The zero-order valence-corrected chi connectivity index (χ0v) is 11.9. The first-order valence-corrected chi connectivity index (χ1v) is 6.29. The molecule has 20 heavy (non-hydrogen) atoms. The fourth-order valence-electron chi connectivity index (χ4n) is 2.87. The summed E-state index contributed by atoms with van der Waals surface area (Å²) in [6.45, 7) is 3.99. The Balaban J connectivity index is 2.58. The van der Waals surface area contributed by atoms with E-state index in [4.69, 9.17) is 24.1 Å². The lowest BCUT2D eigenvalue weighted by atomic mass is 9.70. The van der Waals surface area contributed by atoms with E-state index in [1.54, 1.807) is 13.2 Å². The van der Waals surface area contributed by atoms with E-state index in [9.17, 15) is 4.79 Å². The quantitative estimate of drug-likeness (QED) is 0.724. The van der Waals surface area contributed by atoms with E-state index in [1.165, 1.54) is 0 Å². The van der Waals surface area contributed by atoms with E-state index in [-0.39, 0.29) is 11.4 Å². The molecule has 5 nitrogen and oxygen atoms in total. The van der Waals surface area contributed by atoms with E-state index in [0.29, 0.717) is 11.2 Å². The number of hydrogen-bond donors (Lipinski definition) is 3. The summed E-state index contributed by atoms with van der Waals surface area (Å²) >= 11 is 0. The highest BCUT2D eigenvalue weighted by atomic mass is 16.5. The molecule has 1 atom stereocenters. The first-order valence-electron chi connectivity index (χ1n) is 6.29. The molecule has 5 N–H and O–H groups in total. The van der Waals surface area contributed by atoms with Crippen LogP contribution >= 0.6 is 0 Å². The van der Waals surface area contributed by atoms with Crippen LogP contribution in [0.3, 0.4) is 0 Å². The lowest BCUT2D eigenvalue weighted by Crippen LogP contribution is -2.30. The van der Waals surface area contributed by atoms with Crippen LogP contribution in [0.25, 0.3) is 0 Å². The first kappa shape index (κ1) is 14.3. The molecule has 0 saturated heterocycles. The van der Waals surface area contributed by atoms with Crippen molar-refractivity contribution in [2.75, 3.05) is 12.8 Å². The van der Waals surface area contributed by atoms with Crippen molar-refractivity contribution < 1.29 is 9.53 Å². The number of primary amides is 1. The van der Waals surface area contributed by atoms with E-state index in [2.05, 4.69) is 4.98 Å². The predicted molar refractivity (Wildman–Crippen MR) is 79.2 cm³/mol. The predicted octanol–water partition coefficient (Wildman–Crippen LogP) is 1.33. The van der Waals surface area contributed by atoms with Crippen LogP contribution in [0.1, 0.15) is 36.3 Å². The standard InChI is InChI=1S/C14H18BN3O2/c1-7-4-9(15)11(20-3)14(2,6-7)10-5-8(13(17)19)12(16)18-10/h4-5,18H,6,16H2,1-3H3,(H2,17,19). The average Bonchev–Trinajstić information content (AvgIpc) is 2.71. The average molecular weight is 271 g/mol. The summed E-state index contributed by atoms with van der Waals surface area (Å²) in [4.78, 5) is 14.4. The summed E-state index contributed by atoms with van der Waals surface area (Å²) in [6.07, 6.45) is 2.61. The molecule has 1 heterocycles. The SMILES string of the molecule is [B]C1=C(OC)C(C)(c2cc(C(N)=O)c(N)[nH]2)CC(C)=C1. The number of nitrogens with two attached hydrogens (primary N) is 2. The molecule has 1 aliphatic carbocycles. The van der Waals surface area contributed by atoms with Crippen molar-refractivity contribution in [2.45, 2.75) is 25.7 Å². The lowest BCUT2D eigenvalue weighted by molar-refractivity contribution is 0.100. The monoisotopic (exact) mass is 271 g/mol. The molecular weight excluding hydrogens is 253 g/mol. The number of anilines is 1. The number of rotatable bonds is 3. The summed E-state index contributed by atoms with van der Waals surface area (Å²) in [5.41, 5.74) is 13.3. The molecule has 0 bridgehead atoms. The van der Waals surface area contributed by atoms with Crippen molar-refractivity contribution in [3.8, 4) is 0 Å². The number of ether oxygens (including phenoxy) is 1. The molecule has 0 aromatic carbocycles. The zero-order valence-electron chi connectivity index (χ0n) is 11.9. The number of hydrogen-bond acceptors (Lipinski definition) is 3. The van der Waals surface area contributed by atoms with E-state index in [1.807, 2.05) is 19.9 Å². The molecule has 1 amide bonds. The summed E-state index contributed by atoms with van der Waals surface area (Å²) < 4.78 is 5.46. The molecule has 6 heteroatoms. The molecular formula is C14H18BN3O2. The van der Waals surface area contributed by atoms with Crippen molar-refractivity contribution in [2.24, 2.45) is 5.73 Å². The topological polar surface area (TPSA) is 94.1 Å². The molecule has 1 aliphatic rings. The van der Waals surface area contributed by atoms with E-state index < -0.39 is 11.3 Å². The second-order valence-corrected chi connectivity index (χ2v) is 5.36. The van der Waals surface area contributed by atoms with Crippen LogP contribution < -0.4 is 11.5 Å². The Kier molecular flexibility index (Phi) is 3.42. The van der Waals surface area contributed by atoms with Crippen LogP contribution in [0.15, 0.2) is 28.9 Å². The van der Waals surface area contributed by atoms with Gasteiger partial charge in [-0.3, -0.25) is 4.79 Å². The molecule has 0 spiro atoms. The van der Waals surface area contributed by atoms with Crippen LogP contribution in [0, 0.1) is 0 Å². The Morgan fingerprint density at radius 1 is 1.55 bits per heavy atom. The first-order chi connectivity index (χ1) is 9.29. The number of amides is 1. The number of carbonyl (C=O) groups is 1. The van der Waals surface area contributed by atoms with Gasteiger partial charge in [0.1, 0.15) is 19.4 Å². The fraction of sp³-hybridized carbons (Fsp3) is 0.357. The van der Waals surface area contributed by atoms with Gasteiger partial charge in [-0.2, -0.15) is 0 Å². The maximum atomic E-state index is 11.3. The molecule has 0 fully saturated rings. The van der Waals surface area contributed by atoms with Gasteiger partial charge in [0.25, 0.3) is 5.91 Å². The number of aromatic nitrogens is 1. The van der Waals surface area contributed by atoms with Gasteiger partial charge >= 0.3 is 0 Å². The number of nitrogen functional groups attached to an aromatic ring is 1. The zero-order chi connectivity index (χ0) is 15.1. The van der Waals surface area contributed by atoms with E-state index in [0.717, 1.165) is 17.7 Å². The van der Waals surface area contributed by atoms with Gasteiger partial charge in [0.15, 0.2) is 0 Å². The van der Waals surface area contributed by atoms with Gasteiger partial charge in [0.2, 0.25) is 0 Å². The Labute approximate surface area is 119 Å². The Hall–Kier alpha value is -2.11. The normalized spacial score (nSPS) is 22.6. The smallest absolute Gasteiger partial charge is 0.252 e. The van der Waals surface area contributed by atoms with Crippen LogP contribution in [0.5, 0.6) is 0 Å². The highest BCUT2D eigenvalue weighted by Crippen LogP contribution is 2.42. The molecule has 0 aliphatic heterocycles. The third-order valence-electron chi connectivity index (χ3n) is 3.71. The van der Waals surface area contributed by atoms with Crippen molar-refractivity contribution in [3.63, 3.8) is 0 Å². The Morgan fingerprint density at radius 3 is 2.70 bits per heavy atom. The van der Waals surface area contributed by atoms with Crippen LogP contribution in [0.2, 0.25) is 0 Å². The van der Waals surface area contributed by atoms with Gasteiger partial charge < -0.3 is 21.2 Å². The lowest BCUT2D eigenvalue weighted by Gasteiger charge is -2.35. The number of nitrogens with one attached hydrogen (secondary N) is 1. The Bertz CT molecular complexity index is 630. The van der Waals surface area contributed by atoms with Crippen molar-refractivity contribution in [3.05, 3.63) is 40.2 Å². The Morgan fingerprint density at radius 2 is 2.20 bits per heavy atom. The maximum Gasteiger partial charge on any atom is 0.252 e. The highest BCUT2D eigenvalue weighted by molar-refractivity contribution is 6.24. The molecule has 2 rings (SSSR count). The number of aromatic amines is 1. The van der Waals surface area contributed by atoms with Crippen molar-refractivity contribution >= 4 is 19.6 Å². The minimum atomic E-state index is -0.562. The van der Waals surface area contributed by atoms with Crippen LogP contribution in [-0.4, -0.2) is 25.8 Å². The second kappa shape index (κ2) is 4.78. The second-order valence-electron chi connectivity index (χ2n) is 5.36. The van der Waals surface area contributed by atoms with Gasteiger partial charge in [-0.05, 0) is 26.3 Å². The largest absolute Gasteiger partial charge is 0.501 e. The minimum absolute atomic E-state index is 0.259. The molecule has 1 aromatic heterocycles. The van der Waals surface area contributed by atoms with Gasteiger partial charge in [-0.25, -0.2) is 0 Å². The van der Waals surface area contributed by atoms with Crippen molar-refractivity contribution in [1.29, 1.82) is 0 Å². The van der Waals surface area contributed by atoms with Gasteiger partial charge in [-0.15, -0.1) is 0 Å². The summed E-state index contributed by atoms with van der Waals surface area (Å²) in [7, 11) is 7.62. The van der Waals surface area contributed by atoms with E-state index >= 15 is 0 Å². The summed E-state index contributed by atoms with van der Waals surface area (Å²) in [6, 6.07) is 1.67. The highest BCUT2D eigenvalue weighted by Gasteiger charge is 2.38. The third kappa shape index (κ3) is 2.11. The summed E-state index contributed by atoms with van der Waals surface area (Å²) in [5.74, 6) is 0.350. The van der Waals surface area contributed by atoms with Gasteiger partial charge in [0.05, 0.1) is 18.1 Å². The minimum Gasteiger partial charge on any atom is -0.501 e. The summed E-state index contributed by atoms with van der Waals surface area (Å²) in [5, 5.41) is 0. The number of H-pyrrole nitrogens is 1. The van der Waals surface area contributed by atoms with Crippen LogP contribution in [0.4, 0.5) is 5.82 Å². The number of allylic oxidation sites excluding steroid dienone is 4. The molecule has 0 saturated carbocycles. The molecule has 2 radical (unpaired) electrons. The molecule has 104 valence electrons. The molecule has 1 aromatic rings. The number of methoxy groups -OCH3 is 1. The molecule has 1 unspecified atom stereocenters. The van der Waals surface area contributed by atoms with Crippen molar-refractivity contribution in [1.82, 2.24) is 4.98 Å². The third-order valence-corrected chi connectivity index (χ3v) is 3.71. The van der Waals surface area contributed by atoms with Gasteiger partial charge in [0, 0.05) is 5.69 Å². The van der Waals surface area contributed by atoms with Crippen LogP contribution in [-0.2, 0) is 10.2 Å². The fourth-order valence-corrected chi connectivity index (χ4v) is 2.87. The maximum absolute atomic E-state index is 11.3. The van der Waals surface area contributed by atoms with Gasteiger partial charge in [-0.1, -0.05) is 17.1 Å². The number of carbonyl (C=O) groups excluding carboxylic acids is 1.